The van der Waals surface area contributed by atoms with Crippen LogP contribution in [0.15, 0.2) is 11.8 Å². The highest BCUT2D eigenvalue weighted by atomic mass is 19.1. The van der Waals surface area contributed by atoms with E-state index in [-0.39, 0.29) is 0 Å². The standard InChI is InChI=1S/C9H11FN2/c1-6-3-7-5-11-12(2)9(7)4-8(6)10/h3,5,8H,4H2,1-2H3. The van der Waals surface area contributed by atoms with Crippen LogP contribution in [-0.2, 0) is 13.5 Å². The van der Waals surface area contributed by atoms with Crippen molar-refractivity contribution in [3.8, 4) is 0 Å². The number of fused-ring (bicyclic) bond motifs is 1. The van der Waals surface area contributed by atoms with E-state index in [2.05, 4.69) is 5.10 Å². The Morgan fingerprint density at radius 3 is 3.17 bits per heavy atom. The molecule has 1 aliphatic carbocycles. The molecule has 1 heterocycles. The maximum absolute atomic E-state index is 13.2. The number of rotatable bonds is 0. The average molecular weight is 166 g/mol. The number of halogens is 1. The van der Waals surface area contributed by atoms with Crippen LogP contribution in [0.1, 0.15) is 18.2 Å². The number of aromatic nitrogens is 2. The summed E-state index contributed by atoms with van der Waals surface area (Å²) in [5, 5.41) is 4.07. The zero-order valence-corrected chi connectivity index (χ0v) is 7.21. The van der Waals surface area contributed by atoms with E-state index in [0.717, 1.165) is 16.8 Å². The summed E-state index contributed by atoms with van der Waals surface area (Å²) in [6.45, 7) is 1.82. The Labute approximate surface area is 70.7 Å². The van der Waals surface area contributed by atoms with Gasteiger partial charge in [0.2, 0.25) is 0 Å². The van der Waals surface area contributed by atoms with Crippen molar-refractivity contribution in [3.63, 3.8) is 0 Å². The summed E-state index contributed by atoms with van der Waals surface area (Å²) in [6, 6.07) is 0. The lowest BCUT2D eigenvalue weighted by atomic mass is 9.97. The first-order valence-corrected chi connectivity index (χ1v) is 4.01. The molecule has 0 radical (unpaired) electrons. The summed E-state index contributed by atoms with van der Waals surface area (Å²) in [4.78, 5) is 0. The summed E-state index contributed by atoms with van der Waals surface area (Å²) >= 11 is 0. The summed E-state index contributed by atoms with van der Waals surface area (Å²) < 4.78 is 14.9. The Balaban J connectivity index is 2.51. The van der Waals surface area contributed by atoms with Gasteiger partial charge >= 0.3 is 0 Å². The highest BCUT2D eigenvalue weighted by Crippen LogP contribution is 2.24. The van der Waals surface area contributed by atoms with E-state index < -0.39 is 6.17 Å². The number of hydrogen-bond donors (Lipinski definition) is 0. The predicted octanol–water partition coefficient (Wildman–Crippen LogP) is 1.72. The number of aryl methyl sites for hydroxylation is 1. The first-order chi connectivity index (χ1) is 5.68. The van der Waals surface area contributed by atoms with Crippen LogP contribution in [0.2, 0.25) is 0 Å². The Hall–Kier alpha value is -1.12. The van der Waals surface area contributed by atoms with Gasteiger partial charge in [0.05, 0.1) is 6.20 Å². The monoisotopic (exact) mass is 166 g/mol. The molecule has 0 aliphatic heterocycles. The third-order valence-electron chi connectivity index (χ3n) is 2.34. The average Bonchev–Trinajstić information content (AvgIpc) is 2.35. The molecule has 1 aromatic heterocycles. The molecule has 2 nitrogen and oxygen atoms in total. The molecular formula is C9H11FN2. The van der Waals surface area contributed by atoms with Gasteiger partial charge in [-0.2, -0.15) is 5.10 Å². The van der Waals surface area contributed by atoms with Crippen LogP contribution in [-0.4, -0.2) is 16.0 Å². The molecule has 1 aromatic rings. The van der Waals surface area contributed by atoms with Gasteiger partial charge in [-0.15, -0.1) is 0 Å². The van der Waals surface area contributed by atoms with E-state index in [1.54, 1.807) is 10.9 Å². The van der Waals surface area contributed by atoms with E-state index >= 15 is 0 Å². The Morgan fingerprint density at radius 1 is 1.67 bits per heavy atom. The molecule has 0 bridgehead atoms. The van der Waals surface area contributed by atoms with Crippen LogP contribution in [0.5, 0.6) is 0 Å². The smallest absolute Gasteiger partial charge is 0.127 e. The van der Waals surface area contributed by atoms with Crippen molar-refractivity contribution in [1.29, 1.82) is 0 Å². The minimum atomic E-state index is -0.826. The van der Waals surface area contributed by atoms with Crippen LogP contribution in [0, 0.1) is 0 Å². The molecule has 1 atom stereocenters. The van der Waals surface area contributed by atoms with E-state index in [4.69, 9.17) is 0 Å². The van der Waals surface area contributed by atoms with Gasteiger partial charge in [-0.25, -0.2) is 4.39 Å². The van der Waals surface area contributed by atoms with E-state index in [9.17, 15) is 4.39 Å². The number of allylic oxidation sites excluding steroid dienone is 1. The van der Waals surface area contributed by atoms with Gasteiger partial charge in [0, 0.05) is 24.7 Å². The molecule has 0 fully saturated rings. The maximum Gasteiger partial charge on any atom is 0.127 e. The molecule has 1 aliphatic rings. The molecule has 0 N–H and O–H groups in total. The summed E-state index contributed by atoms with van der Waals surface area (Å²) in [5.41, 5.74) is 2.85. The molecule has 64 valence electrons. The Kier molecular flexibility index (Phi) is 1.53. The van der Waals surface area contributed by atoms with Gasteiger partial charge in [-0.1, -0.05) is 0 Å². The molecule has 0 amide bonds. The number of hydrogen-bond acceptors (Lipinski definition) is 1. The van der Waals surface area contributed by atoms with Crippen LogP contribution in [0.25, 0.3) is 6.08 Å². The van der Waals surface area contributed by atoms with Gasteiger partial charge < -0.3 is 0 Å². The van der Waals surface area contributed by atoms with Crippen molar-refractivity contribution in [2.75, 3.05) is 0 Å². The van der Waals surface area contributed by atoms with E-state index in [0.29, 0.717) is 6.42 Å². The molecular weight excluding hydrogens is 155 g/mol. The molecule has 12 heavy (non-hydrogen) atoms. The summed E-state index contributed by atoms with van der Waals surface area (Å²) in [6.07, 6.45) is 3.29. The maximum atomic E-state index is 13.2. The van der Waals surface area contributed by atoms with Crippen molar-refractivity contribution >= 4 is 6.08 Å². The molecule has 0 spiro atoms. The van der Waals surface area contributed by atoms with Gasteiger partial charge in [-0.05, 0) is 18.6 Å². The van der Waals surface area contributed by atoms with Crippen molar-refractivity contribution in [1.82, 2.24) is 9.78 Å². The first kappa shape index (κ1) is 7.53. The minimum Gasteiger partial charge on any atom is -0.272 e. The van der Waals surface area contributed by atoms with Crippen LogP contribution < -0.4 is 0 Å². The molecule has 3 heteroatoms. The van der Waals surface area contributed by atoms with Crippen LogP contribution in [0.3, 0.4) is 0 Å². The molecule has 2 rings (SSSR count). The Bertz CT molecular complexity index is 338. The van der Waals surface area contributed by atoms with E-state index in [1.807, 2.05) is 20.0 Å². The number of nitrogens with zero attached hydrogens (tertiary/aromatic N) is 2. The lowest BCUT2D eigenvalue weighted by molar-refractivity contribution is 0.371. The fraction of sp³-hybridized carbons (Fsp3) is 0.444. The highest BCUT2D eigenvalue weighted by Gasteiger charge is 2.20. The van der Waals surface area contributed by atoms with Gasteiger partial charge in [0.25, 0.3) is 0 Å². The SMILES string of the molecule is CC1=Cc2cnn(C)c2CC1F. The predicted molar refractivity (Wildman–Crippen MR) is 45.5 cm³/mol. The molecule has 0 saturated carbocycles. The van der Waals surface area contributed by atoms with Crippen molar-refractivity contribution in [3.05, 3.63) is 23.0 Å². The largest absolute Gasteiger partial charge is 0.272 e. The fourth-order valence-electron chi connectivity index (χ4n) is 1.52. The van der Waals surface area contributed by atoms with E-state index in [1.165, 1.54) is 0 Å². The first-order valence-electron chi connectivity index (χ1n) is 4.01. The van der Waals surface area contributed by atoms with Crippen molar-refractivity contribution < 1.29 is 4.39 Å². The lowest BCUT2D eigenvalue weighted by Gasteiger charge is -2.15. The third-order valence-corrected chi connectivity index (χ3v) is 2.34. The number of alkyl halides is 1. The molecule has 0 aromatic carbocycles. The molecule has 1 unspecified atom stereocenters. The topological polar surface area (TPSA) is 17.8 Å². The van der Waals surface area contributed by atoms with Gasteiger partial charge in [-0.3, -0.25) is 4.68 Å². The van der Waals surface area contributed by atoms with Crippen molar-refractivity contribution in [2.45, 2.75) is 19.5 Å². The normalized spacial score (nSPS) is 21.9. The second-order valence-electron chi connectivity index (χ2n) is 3.23. The zero-order chi connectivity index (χ0) is 8.72. The van der Waals surface area contributed by atoms with Gasteiger partial charge in [0.15, 0.2) is 0 Å². The third kappa shape index (κ3) is 0.967. The zero-order valence-electron chi connectivity index (χ0n) is 7.21. The van der Waals surface area contributed by atoms with Crippen LogP contribution >= 0.6 is 0 Å². The lowest BCUT2D eigenvalue weighted by Crippen LogP contribution is -2.14. The second kappa shape index (κ2) is 2.44. The molecule has 0 saturated heterocycles. The highest BCUT2D eigenvalue weighted by molar-refractivity contribution is 5.58. The fourth-order valence-corrected chi connectivity index (χ4v) is 1.52. The van der Waals surface area contributed by atoms with Crippen molar-refractivity contribution in [2.24, 2.45) is 7.05 Å². The summed E-state index contributed by atoms with van der Waals surface area (Å²) in [5.74, 6) is 0. The Morgan fingerprint density at radius 2 is 2.42 bits per heavy atom. The second-order valence-corrected chi connectivity index (χ2v) is 3.23. The van der Waals surface area contributed by atoms with Crippen LogP contribution in [0.4, 0.5) is 4.39 Å². The summed E-state index contributed by atoms with van der Waals surface area (Å²) in [7, 11) is 1.85. The minimum absolute atomic E-state index is 0.466. The quantitative estimate of drug-likeness (QED) is 0.573. The van der Waals surface area contributed by atoms with Gasteiger partial charge in [0.1, 0.15) is 6.17 Å².